The highest BCUT2D eigenvalue weighted by molar-refractivity contribution is 5.92. The third-order valence-electron chi connectivity index (χ3n) is 4.22. The molecule has 1 amide bonds. The number of piperazine rings is 1. The van der Waals surface area contributed by atoms with Crippen molar-refractivity contribution in [2.75, 3.05) is 65.4 Å². The van der Waals surface area contributed by atoms with E-state index in [2.05, 4.69) is 15.1 Å². The van der Waals surface area contributed by atoms with Crippen LogP contribution in [0.2, 0.25) is 0 Å². The van der Waals surface area contributed by atoms with Crippen molar-refractivity contribution in [2.45, 2.75) is 6.42 Å². The number of carbonyl (C=O) groups is 1. The average molecular weight is 337 g/mol. The summed E-state index contributed by atoms with van der Waals surface area (Å²) in [5, 5.41) is 11.8. The first-order valence-corrected chi connectivity index (χ1v) is 8.23. The van der Waals surface area contributed by atoms with Crippen LogP contribution in [-0.2, 0) is 4.79 Å². The number of aliphatic hydroxyl groups excluding tert-OH is 1. The Kier molecular flexibility index (Phi) is 7.30. The predicted molar refractivity (Wildman–Crippen MR) is 92.8 cm³/mol. The van der Waals surface area contributed by atoms with Gasteiger partial charge in [-0.15, -0.1) is 0 Å². The van der Waals surface area contributed by atoms with Crippen molar-refractivity contribution < 1.29 is 19.4 Å². The second-order valence-corrected chi connectivity index (χ2v) is 5.77. The summed E-state index contributed by atoms with van der Waals surface area (Å²) >= 11 is 0. The summed E-state index contributed by atoms with van der Waals surface area (Å²) in [6, 6.07) is 5.32. The lowest BCUT2D eigenvalue weighted by molar-refractivity contribution is -0.116. The van der Waals surface area contributed by atoms with E-state index in [1.807, 2.05) is 0 Å². The van der Waals surface area contributed by atoms with E-state index in [1.54, 1.807) is 32.4 Å². The monoisotopic (exact) mass is 337 g/mol. The molecule has 1 aliphatic heterocycles. The van der Waals surface area contributed by atoms with Gasteiger partial charge in [-0.1, -0.05) is 0 Å². The maximum absolute atomic E-state index is 12.2. The number of nitrogens with zero attached hydrogens (tertiary/aromatic N) is 2. The van der Waals surface area contributed by atoms with Gasteiger partial charge in [-0.05, 0) is 12.1 Å². The smallest absolute Gasteiger partial charge is 0.225 e. The molecule has 2 rings (SSSR count). The zero-order valence-corrected chi connectivity index (χ0v) is 14.5. The van der Waals surface area contributed by atoms with Crippen molar-refractivity contribution in [2.24, 2.45) is 0 Å². The maximum atomic E-state index is 12.2. The van der Waals surface area contributed by atoms with Gasteiger partial charge in [0.2, 0.25) is 5.91 Å². The zero-order chi connectivity index (χ0) is 17.4. The van der Waals surface area contributed by atoms with E-state index in [-0.39, 0.29) is 12.5 Å². The van der Waals surface area contributed by atoms with Gasteiger partial charge in [-0.3, -0.25) is 9.69 Å². The van der Waals surface area contributed by atoms with Gasteiger partial charge in [0.05, 0.1) is 26.5 Å². The number of amides is 1. The second-order valence-electron chi connectivity index (χ2n) is 5.77. The number of carbonyl (C=O) groups excluding carboxylic acids is 1. The minimum Gasteiger partial charge on any atom is -0.497 e. The highest BCUT2D eigenvalue weighted by Gasteiger charge is 2.17. The van der Waals surface area contributed by atoms with Gasteiger partial charge < -0.3 is 24.8 Å². The summed E-state index contributed by atoms with van der Waals surface area (Å²) in [5.41, 5.74) is 0.649. The number of methoxy groups -OCH3 is 2. The van der Waals surface area contributed by atoms with Crippen molar-refractivity contribution in [3.8, 4) is 11.5 Å². The van der Waals surface area contributed by atoms with Crippen LogP contribution in [-0.4, -0.2) is 80.9 Å². The Hall–Kier alpha value is -1.83. The quantitative estimate of drug-likeness (QED) is 0.725. The van der Waals surface area contributed by atoms with Crippen molar-refractivity contribution in [1.29, 1.82) is 0 Å². The summed E-state index contributed by atoms with van der Waals surface area (Å²) in [6.45, 7) is 5.40. The van der Waals surface area contributed by atoms with Crippen molar-refractivity contribution in [3.63, 3.8) is 0 Å². The van der Waals surface area contributed by atoms with Crippen LogP contribution in [0.3, 0.4) is 0 Å². The average Bonchev–Trinajstić information content (AvgIpc) is 2.61. The van der Waals surface area contributed by atoms with E-state index in [9.17, 15) is 4.79 Å². The molecule has 0 spiro atoms. The molecule has 24 heavy (non-hydrogen) atoms. The summed E-state index contributed by atoms with van der Waals surface area (Å²) in [4.78, 5) is 16.7. The Morgan fingerprint density at radius 3 is 2.38 bits per heavy atom. The Morgan fingerprint density at radius 1 is 1.12 bits per heavy atom. The summed E-state index contributed by atoms with van der Waals surface area (Å²) in [6.07, 6.45) is 0.440. The molecule has 0 atom stereocenters. The van der Waals surface area contributed by atoms with Gasteiger partial charge >= 0.3 is 0 Å². The first-order valence-electron chi connectivity index (χ1n) is 8.23. The molecule has 0 unspecified atom stereocenters. The normalized spacial score (nSPS) is 16.0. The number of hydrogen-bond acceptors (Lipinski definition) is 6. The largest absolute Gasteiger partial charge is 0.497 e. The molecule has 1 aromatic carbocycles. The Balaban J connectivity index is 1.78. The molecule has 1 fully saturated rings. The molecule has 1 aliphatic rings. The number of ether oxygens (including phenoxy) is 2. The van der Waals surface area contributed by atoms with E-state index in [0.717, 1.165) is 39.3 Å². The first kappa shape index (κ1) is 18.5. The molecule has 134 valence electrons. The van der Waals surface area contributed by atoms with Crippen LogP contribution in [0.5, 0.6) is 11.5 Å². The molecular weight excluding hydrogens is 310 g/mol. The number of rotatable bonds is 8. The highest BCUT2D eigenvalue weighted by atomic mass is 16.5. The minimum atomic E-state index is -0.0312. The molecular formula is C17H27N3O4. The number of hydrogen-bond donors (Lipinski definition) is 2. The Labute approximate surface area is 143 Å². The molecule has 7 heteroatoms. The summed E-state index contributed by atoms with van der Waals surface area (Å²) in [7, 11) is 3.16. The molecule has 0 saturated carbocycles. The highest BCUT2D eigenvalue weighted by Crippen LogP contribution is 2.29. The van der Waals surface area contributed by atoms with Crippen LogP contribution in [0, 0.1) is 0 Å². The van der Waals surface area contributed by atoms with Gasteiger partial charge in [0.1, 0.15) is 11.5 Å². The van der Waals surface area contributed by atoms with Gasteiger partial charge in [-0.25, -0.2) is 0 Å². The number of nitrogens with one attached hydrogen (secondary N) is 1. The van der Waals surface area contributed by atoms with Gasteiger partial charge in [0.25, 0.3) is 0 Å². The lowest BCUT2D eigenvalue weighted by atomic mass is 10.2. The van der Waals surface area contributed by atoms with E-state index in [4.69, 9.17) is 14.6 Å². The molecule has 1 heterocycles. The molecule has 0 aliphatic carbocycles. The fourth-order valence-corrected chi connectivity index (χ4v) is 2.75. The summed E-state index contributed by atoms with van der Waals surface area (Å²) < 4.78 is 10.4. The van der Waals surface area contributed by atoms with Crippen LogP contribution >= 0.6 is 0 Å². The molecule has 2 N–H and O–H groups in total. The number of anilines is 1. The van der Waals surface area contributed by atoms with Gasteiger partial charge in [0, 0.05) is 51.8 Å². The van der Waals surface area contributed by atoms with Crippen LogP contribution in [0.15, 0.2) is 18.2 Å². The van der Waals surface area contributed by atoms with Gasteiger partial charge in [0.15, 0.2) is 0 Å². The standard InChI is InChI=1S/C17H27N3O4/c1-23-14-3-4-15(16(13-14)24-2)18-17(22)5-6-19-7-9-20(10-8-19)11-12-21/h3-4,13,21H,5-12H2,1-2H3,(H,18,22). The topological polar surface area (TPSA) is 74.3 Å². The number of benzene rings is 1. The minimum absolute atomic E-state index is 0.0312. The van der Waals surface area contributed by atoms with E-state index in [0.29, 0.717) is 23.6 Å². The van der Waals surface area contributed by atoms with Crippen LogP contribution in [0.25, 0.3) is 0 Å². The molecule has 1 saturated heterocycles. The van der Waals surface area contributed by atoms with Crippen molar-refractivity contribution >= 4 is 11.6 Å². The SMILES string of the molecule is COc1ccc(NC(=O)CCN2CCN(CCO)CC2)c(OC)c1. The third-order valence-corrected chi connectivity index (χ3v) is 4.22. The molecule has 0 aromatic heterocycles. The lowest BCUT2D eigenvalue weighted by Gasteiger charge is -2.34. The van der Waals surface area contributed by atoms with Crippen LogP contribution in [0.1, 0.15) is 6.42 Å². The van der Waals surface area contributed by atoms with E-state index >= 15 is 0 Å². The van der Waals surface area contributed by atoms with Crippen molar-refractivity contribution in [3.05, 3.63) is 18.2 Å². The van der Waals surface area contributed by atoms with E-state index < -0.39 is 0 Å². The Bertz CT molecular complexity index is 531. The predicted octanol–water partition coefficient (Wildman–Crippen LogP) is 0.642. The molecule has 0 bridgehead atoms. The molecule has 1 aromatic rings. The van der Waals surface area contributed by atoms with Gasteiger partial charge in [-0.2, -0.15) is 0 Å². The van der Waals surface area contributed by atoms with Crippen LogP contribution < -0.4 is 14.8 Å². The van der Waals surface area contributed by atoms with Crippen molar-refractivity contribution in [1.82, 2.24) is 9.80 Å². The Morgan fingerprint density at radius 2 is 1.79 bits per heavy atom. The lowest BCUT2D eigenvalue weighted by Crippen LogP contribution is -2.47. The molecule has 7 nitrogen and oxygen atoms in total. The molecule has 0 radical (unpaired) electrons. The van der Waals surface area contributed by atoms with E-state index in [1.165, 1.54) is 0 Å². The maximum Gasteiger partial charge on any atom is 0.225 e. The fourth-order valence-electron chi connectivity index (χ4n) is 2.75. The zero-order valence-electron chi connectivity index (χ0n) is 14.5. The number of aliphatic hydroxyl groups is 1. The third kappa shape index (κ3) is 5.36. The second kappa shape index (κ2) is 9.46. The fraction of sp³-hybridized carbons (Fsp3) is 0.588. The number of β-amino-alcohol motifs (C(OH)–C–C–N with tert-alkyl or cyclic N) is 1. The first-order chi connectivity index (χ1) is 11.7. The summed E-state index contributed by atoms with van der Waals surface area (Å²) in [5.74, 6) is 1.24. The van der Waals surface area contributed by atoms with Crippen LogP contribution in [0.4, 0.5) is 5.69 Å².